The van der Waals surface area contributed by atoms with Gasteiger partial charge in [0, 0.05) is 21.8 Å². The van der Waals surface area contributed by atoms with Crippen LogP contribution in [-0.2, 0) is 0 Å². The van der Waals surface area contributed by atoms with Gasteiger partial charge in [0.25, 0.3) is 0 Å². The van der Waals surface area contributed by atoms with E-state index in [1.54, 1.807) is 18.2 Å². The molecule has 0 spiro atoms. The van der Waals surface area contributed by atoms with Gasteiger partial charge in [0.1, 0.15) is 0 Å². The number of aromatic nitrogens is 1. The van der Waals surface area contributed by atoms with Gasteiger partial charge in [-0.25, -0.2) is 4.79 Å². The first kappa shape index (κ1) is 13.1. The fourth-order valence-corrected chi connectivity index (χ4v) is 2.21. The molecule has 18 heavy (non-hydrogen) atoms. The summed E-state index contributed by atoms with van der Waals surface area (Å²) in [6.45, 7) is 0. The Bertz CT molecular complexity index is 608. The Morgan fingerprint density at radius 3 is 2.17 bits per heavy atom. The van der Waals surface area contributed by atoms with Crippen LogP contribution in [0.2, 0.25) is 15.1 Å². The van der Waals surface area contributed by atoms with E-state index in [4.69, 9.17) is 39.9 Å². The number of nitrogens with zero attached hydrogens (tertiary/aromatic N) is 1. The Kier molecular flexibility index (Phi) is 3.76. The normalized spacial score (nSPS) is 10.4. The van der Waals surface area contributed by atoms with Crippen molar-refractivity contribution in [2.45, 2.75) is 0 Å². The highest BCUT2D eigenvalue weighted by molar-refractivity contribution is 6.35. The van der Waals surface area contributed by atoms with Crippen LogP contribution in [0.25, 0.3) is 11.3 Å². The molecular formula is C12H6Cl3NO2. The topological polar surface area (TPSA) is 50.2 Å². The van der Waals surface area contributed by atoms with Gasteiger partial charge in [-0.1, -0.05) is 34.8 Å². The van der Waals surface area contributed by atoms with Crippen molar-refractivity contribution in [1.29, 1.82) is 0 Å². The van der Waals surface area contributed by atoms with E-state index in [-0.39, 0.29) is 16.3 Å². The number of pyridine rings is 1. The SMILES string of the molecule is O=C(O)c1cc(Cl)cnc1-c1cc(Cl)cc(Cl)c1. The third-order valence-corrected chi connectivity index (χ3v) is 2.86. The Morgan fingerprint density at radius 2 is 1.61 bits per heavy atom. The summed E-state index contributed by atoms with van der Waals surface area (Å²) < 4.78 is 0. The number of carboxylic acid groups (broad SMARTS) is 1. The third-order valence-electron chi connectivity index (χ3n) is 2.22. The van der Waals surface area contributed by atoms with Crippen molar-refractivity contribution in [3.63, 3.8) is 0 Å². The van der Waals surface area contributed by atoms with E-state index >= 15 is 0 Å². The van der Waals surface area contributed by atoms with Crippen LogP contribution in [0.5, 0.6) is 0 Å². The molecule has 0 aliphatic rings. The minimum absolute atomic E-state index is 0.000772. The number of halogens is 3. The average Bonchev–Trinajstić information content (AvgIpc) is 2.27. The molecule has 3 nitrogen and oxygen atoms in total. The maximum absolute atomic E-state index is 11.2. The summed E-state index contributed by atoms with van der Waals surface area (Å²) in [6.07, 6.45) is 1.37. The van der Waals surface area contributed by atoms with Crippen LogP contribution >= 0.6 is 34.8 Å². The maximum atomic E-state index is 11.2. The number of benzene rings is 1. The standard InChI is InChI=1S/C12H6Cl3NO2/c13-7-1-6(2-8(14)3-7)11-10(12(17)18)4-9(15)5-16-11/h1-5H,(H,17,18). The molecule has 92 valence electrons. The second-order valence-electron chi connectivity index (χ2n) is 3.51. The maximum Gasteiger partial charge on any atom is 0.337 e. The molecule has 0 fully saturated rings. The Balaban J connectivity index is 2.66. The van der Waals surface area contributed by atoms with Gasteiger partial charge >= 0.3 is 5.97 Å². The van der Waals surface area contributed by atoms with Crippen molar-refractivity contribution in [3.05, 3.63) is 51.1 Å². The van der Waals surface area contributed by atoms with Crippen LogP contribution < -0.4 is 0 Å². The van der Waals surface area contributed by atoms with E-state index in [0.717, 1.165) is 0 Å². The number of hydrogen-bond donors (Lipinski definition) is 1. The zero-order valence-electron chi connectivity index (χ0n) is 8.82. The van der Waals surface area contributed by atoms with Gasteiger partial charge in [-0.15, -0.1) is 0 Å². The molecule has 0 atom stereocenters. The lowest BCUT2D eigenvalue weighted by molar-refractivity contribution is 0.0697. The van der Waals surface area contributed by atoms with Crippen molar-refractivity contribution >= 4 is 40.8 Å². The highest BCUT2D eigenvalue weighted by atomic mass is 35.5. The number of aromatic carboxylic acids is 1. The molecular weight excluding hydrogens is 296 g/mol. The van der Waals surface area contributed by atoms with Crippen molar-refractivity contribution in [2.75, 3.05) is 0 Å². The third kappa shape index (κ3) is 2.75. The first-order chi connectivity index (χ1) is 8.47. The lowest BCUT2D eigenvalue weighted by Crippen LogP contribution is -2.01. The van der Waals surface area contributed by atoms with Crippen LogP contribution in [0.4, 0.5) is 0 Å². The second-order valence-corrected chi connectivity index (χ2v) is 4.82. The van der Waals surface area contributed by atoms with Gasteiger partial charge in [0.05, 0.1) is 16.3 Å². The summed E-state index contributed by atoms with van der Waals surface area (Å²) in [4.78, 5) is 15.2. The summed E-state index contributed by atoms with van der Waals surface area (Å²) in [5.74, 6) is -1.11. The Morgan fingerprint density at radius 1 is 1.00 bits per heavy atom. The van der Waals surface area contributed by atoms with Crippen molar-refractivity contribution in [2.24, 2.45) is 0 Å². The van der Waals surface area contributed by atoms with Gasteiger partial charge < -0.3 is 5.11 Å². The molecule has 0 aliphatic carbocycles. The molecule has 0 radical (unpaired) electrons. The van der Waals surface area contributed by atoms with Crippen LogP contribution in [-0.4, -0.2) is 16.1 Å². The van der Waals surface area contributed by atoms with Crippen LogP contribution in [0.1, 0.15) is 10.4 Å². The van der Waals surface area contributed by atoms with Gasteiger partial charge in [0.2, 0.25) is 0 Å². The molecule has 0 unspecified atom stereocenters. The second kappa shape index (κ2) is 5.14. The summed E-state index contributed by atoms with van der Waals surface area (Å²) in [5.41, 5.74) is 0.804. The van der Waals surface area contributed by atoms with Crippen molar-refractivity contribution in [1.82, 2.24) is 4.98 Å². The molecule has 0 bridgehead atoms. The fraction of sp³-hybridized carbons (Fsp3) is 0. The van der Waals surface area contributed by atoms with E-state index in [2.05, 4.69) is 4.98 Å². The van der Waals surface area contributed by atoms with E-state index in [1.807, 2.05) is 0 Å². The largest absolute Gasteiger partial charge is 0.478 e. The smallest absolute Gasteiger partial charge is 0.337 e. The molecule has 1 heterocycles. The highest BCUT2D eigenvalue weighted by Crippen LogP contribution is 2.29. The molecule has 2 aromatic rings. The quantitative estimate of drug-likeness (QED) is 0.894. The number of rotatable bonds is 2. The molecule has 2 rings (SSSR count). The zero-order chi connectivity index (χ0) is 13.3. The molecule has 0 saturated heterocycles. The first-order valence-electron chi connectivity index (χ1n) is 4.82. The van der Waals surface area contributed by atoms with Gasteiger partial charge in [-0.2, -0.15) is 0 Å². The summed E-state index contributed by atoms with van der Waals surface area (Å²) >= 11 is 17.5. The van der Waals surface area contributed by atoms with Gasteiger partial charge in [-0.3, -0.25) is 4.98 Å². The Labute approximate surface area is 118 Å². The number of carbonyl (C=O) groups is 1. The summed E-state index contributed by atoms with van der Waals surface area (Å²) in [6, 6.07) is 6.08. The average molecular weight is 303 g/mol. The van der Waals surface area contributed by atoms with Gasteiger partial charge in [-0.05, 0) is 24.3 Å². The molecule has 0 saturated carbocycles. The van der Waals surface area contributed by atoms with Gasteiger partial charge in [0.15, 0.2) is 0 Å². The fourth-order valence-electron chi connectivity index (χ4n) is 1.52. The molecule has 0 aliphatic heterocycles. The highest BCUT2D eigenvalue weighted by Gasteiger charge is 2.14. The lowest BCUT2D eigenvalue weighted by Gasteiger charge is -2.07. The minimum Gasteiger partial charge on any atom is -0.478 e. The van der Waals surface area contributed by atoms with E-state index in [9.17, 15) is 4.79 Å². The van der Waals surface area contributed by atoms with Crippen molar-refractivity contribution < 1.29 is 9.90 Å². The van der Waals surface area contributed by atoms with Crippen LogP contribution in [0.15, 0.2) is 30.5 Å². The summed E-state index contributed by atoms with van der Waals surface area (Å²) in [7, 11) is 0. The van der Waals surface area contributed by atoms with E-state index < -0.39 is 5.97 Å². The van der Waals surface area contributed by atoms with E-state index in [0.29, 0.717) is 15.6 Å². The molecule has 0 amide bonds. The van der Waals surface area contributed by atoms with Crippen molar-refractivity contribution in [3.8, 4) is 11.3 Å². The predicted octanol–water partition coefficient (Wildman–Crippen LogP) is 4.41. The predicted molar refractivity (Wildman–Crippen MR) is 71.7 cm³/mol. The lowest BCUT2D eigenvalue weighted by atomic mass is 10.1. The molecule has 1 aromatic carbocycles. The number of hydrogen-bond acceptors (Lipinski definition) is 2. The molecule has 1 N–H and O–H groups in total. The van der Waals surface area contributed by atoms with Crippen LogP contribution in [0, 0.1) is 0 Å². The zero-order valence-corrected chi connectivity index (χ0v) is 11.1. The van der Waals surface area contributed by atoms with Crippen LogP contribution in [0.3, 0.4) is 0 Å². The Hall–Kier alpha value is -1.29. The molecule has 6 heteroatoms. The summed E-state index contributed by atoms with van der Waals surface area (Å²) in [5, 5.41) is 10.2. The van der Waals surface area contributed by atoms with E-state index in [1.165, 1.54) is 12.3 Å². The minimum atomic E-state index is -1.11. The monoisotopic (exact) mass is 301 g/mol. The number of carboxylic acids is 1. The first-order valence-corrected chi connectivity index (χ1v) is 5.96. The molecule has 1 aromatic heterocycles.